The highest BCUT2D eigenvalue weighted by Gasteiger charge is 2.21. The Hall–Kier alpha value is -3.95. The number of hydrogen-bond acceptors (Lipinski definition) is 5. The summed E-state index contributed by atoms with van der Waals surface area (Å²) in [6.07, 6.45) is 0. The standard InChI is InChI=1S/C21H13F4N3O3/c1-10-18-14(19(29)26-17-8-12(22)5-6-15(17)23)9-16(27-20(18)31-28-10)11-3-2-4-13(7-11)30-21(24)25/h2-9,21H,1H3,(H,26,29). The van der Waals surface area contributed by atoms with E-state index in [4.69, 9.17) is 4.52 Å². The molecule has 0 spiro atoms. The Balaban J connectivity index is 1.79. The summed E-state index contributed by atoms with van der Waals surface area (Å²) in [7, 11) is 0. The second-order valence-corrected chi connectivity index (χ2v) is 6.49. The number of nitrogens with one attached hydrogen (secondary N) is 1. The Kier molecular flexibility index (Phi) is 5.28. The first kappa shape index (κ1) is 20.3. The van der Waals surface area contributed by atoms with Crippen molar-refractivity contribution < 1.29 is 31.6 Å². The summed E-state index contributed by atoms with van der Waals surface area (Å²) >= 11 is 0. The van der Waals surface area contributed by atoms with E-state index < -0.39 is 24.2 Å². The number of nitrogens with zero attached hydrogens (tertiary/aromatic N) is 2. The van der Waals surface area contributed by atoms with Gasteiger partial charge in [0, 0.05) is 11.6 Å². The van der Waals surface area contributed by atoms with Gasteiger partial charge in [0.25, 0.3) is 11.6 Å². The van der Waals surface area contributed by atoms with Gasteiger partial charge in [0.05, 0.1) is 28.0 Å². The highest BCUT2D eigenvalue weighted by Crippen LogP contribution is 2.30. The van der Waals surface area contributed by atoms with Gasteiger partial charge in [-0.15, -0.1) is 0 Å². The van der Waals surface area contributed by atoms with Crippen LogP contribution in [0.1, 0.15) is 16.1 Å². The van der Waals surface area contributed by atoms with Crippen molar-refractivity contribution in [1.29, 1.82) is 0 Å². The first-order chi connectivity index (χ1) is 14.8. The minimum atomic E-state index is -3.01. The molecule has 0 saturated heterocycles. The molecule has 0 radical (unpaired) electrons. The number of aryl methyl sites for hydroxylation is 1. The quantitative estimate of drug-likeness (QED) is 0.432. The molecule has 0 aliphatic rings. The maximum atomic E-state index is 14.0. The molecule has 31 heavy (non-hydrogen) atoms. The van der Waals surface area contributed by atoms with Gasteiger partial charge in [-0.2, -0.15) is 8.78 Å². The van der Waals surface area contributed by atoms with Crippen LogP contribution in [0, 0.1) is 18.6 Å². The molecule has 0 aliphatic heterocycles. The maximum Gasteiger partial charge on any atom is 0.387 e. The highest BCUT2D eigenvalue weighted by molar-refractivity contribution is 6.13. The van der Waals surface area contributed by atoms with Crippen molar-refractivity contribution in [3.8, 4) is 17.0 Å². The van der Waals surface area contributed by atoms with Crippen molar-refractivity contribution in [3.05, 3.63) is 71.4 Å². The van der Waals surface area contributed by atoms with Crippen molar-refractivity contribution in [3.63, 3.8) is 0 Å². The second-order valence-electron chi connectivity index (χ2n) is 6.49. The third-order valence-electron chi connectivity index (χ3n) is 4.39. The number of carbonyl (C=O) groups is 1. The Morgan fingerprint density at radius 3 is 2.71 bits per heavy atom. The Labute approximate surface area is 172 Å². The molecule has 1 N–H and O–H groups in total. The summed E-state index contributed by atoms with van der Waals surface area (Å²) in [5, 5.41) is 6.39. The molecular weight excluding hydrogens is 418 g/mol. The van der Waals surface area contributed by atoms with Gasteiger partial charge < -0.3 is 14.6 Å². The fraction of sp³-hybridized carbons (Fsp3) is 0.0952. The summed E-state index contributed by atoms with van der Waals surface area (Å²) in [6.45, 7) is -1.42. The van der Waals surface area contributed by atoms with Crippen molar-refractivity contribution in [1.82, 2.24) is 10.1 Å². The van der Waals surface area contributed by atoms with E-state index in [0.717, 1.165) is 18.2 Å². The van der Waals surface area contributed by atoms with E-state index in [1.165, 1.54) is 24.3 Å². The Morgan fingerprint density at radius 2 is 1.94 bits per heavy atom. The molecule has 0 saturated carbocycles. The number of anilines is 1. The molecule has 2 heterocycles. The van der Waals surface area contributed by atoms with E-state index in [1.54, 1.807) is 13.0 Å². The molecule has 0 aliphatic carbocycles. The second kappa shape index (κ2) is 8.05. The fourth-order valence-electron chi connectivity index (χ4n) is 3.04. The van der Waals surface area contributed by atoms with Crippen LogP contribution in [0.4, 0.5) is 23.2 Å². The lowest BCUT2D eigenvalue weighted by Gasteiger charge is -2.10. The summed E-state index contributed by atoms with van der Waals surface area (Å²) in [5.41, 5.74) is 0.614. The lowest BCUT2D eigenvalue weighted by molar-refractivity contribution is -0.0498. The monoisotopic (exact) mass is 431 g/mol. The van der Waals surface area contributed by atoms with Gasteiger partial charge in [-0.3, -0.25) is 4.79 Å². The lowest BCUT2D eigenvalue weighted by Crippen LogP contribution is -2.14. The van der Waals surface area contributed by atoms with Crippen LogP contribution in [0.25, 0.3) is 22.4 Å². The van der Waals surface area contributed by atoms with Gasteiger partial charge in [0.15, 0.2) is 0 Å². The van der Waals surface area contributed by atoms with E-state index in [2.05, 4.69) is 20.2 Å². The van der Waals surface area contributed by atoms with E-state index >= 15 is 0 Å². The Bertz CT molecular complexity index is 1290. The van der Waals surface area contributed by atoms with E-state index in [0.29, 0.717) is 11.3 Å². The number of ether oxygens (including phenoxy) is 1. The molecular formula is C21H13F4N3O3. The number of amides is 1. The summed E-state index contributed by atoms with van der Waals surface area (Å²) in [5.74, 6) is -2.41. The average molecular weight is 431 g/mol. The van der Waals surface area contributed by atoms with Crippen LogP contribution in [0.5, 0.6) is 5.75 Å². The molecule has 0 unspecified atom stereocenters. The minimum Gasteiger partial charge on any atom is -0.435 e. The molecule has 0 atom stereocenters. The van der Waals surface area contributed by atoms with E-state index in [-0.39, 0.29) is 33.8 Å². The topological polar surface area (TPSA) is 77.2 Å². The molecule has 2 aromatic heterocycles. The number of halogens is 4. The van der Waals surface area contributed by atoms with Crippen LogP contribution < -0.4 is 10.1 Å². The van der Waals surface area contributed by atoms with E-state index in [9.17, 15) is 22.4 Å². The van der Waals surface area contributed by atoms with Crippen molar-refractivity contribution in [2.45, 2.75) is 13.5 Å². The van der Waals surface area contributed by atoms with Crippen LogP contribution in [0.15, 0.2) is 53.1 Å². The molecule has 158 valence electrons. The van der Waals surface area contributed by atoms with Gasteiger partial charge >= 0.3 is 6.61 Å². The molecule has 2 aromatic carbocycles. The number of fused-ring (bicyclic) bond motifs is 1. The summed E-state index contributed by atoms with van der Waals surface area (Å²) < 4.78 is 62.1. The molecule has 1 amide bonds. The van der Waals surface area contributed by atoms with Crippen LogP contribution in [0.3, 0.4) is 0 Å². The van der Waals surface area contributed by atoms with Crippen LogP contribution in [-0.4, -0.2) is 22.7 Å². The number of aromatic nitrogens is 2. The molecule has 0 bridgehead atoms. The first-order valence-electron chi connectivity index (χ1n) is 8.90. The number of carbonyl (C=O) groups excluding carboxylic acids is 1. The molecule has 10 heteroatoms. The summed E-state index contributed by atoms with van der Waals surface area (Å²) in [6, 6.07) is 9.74. The summed E-state index contributed by atoms with van der Waals surface area (Å²) in [4.78, 5) is 17.2. The van der Waals surface area contributed by atoms with Crippen molar-refractivity contribution >= 4 is 22.7 Å². The maximum absolute atomic E-state index is 14.0. The number of hydrogen-bond donors (Lipinski definition) is 1. The van der Waals surface area contributed by atoms with Gasteiger partial charge in [-0.25, -0.2) is 13.8 Å². The van der Waals surface area contributed by atoms with Crippen molar-refractivity contribution in [2.24, 2.45) is 0 Å². The number of benzene rings is 2. The number of pyridine rings is 1. The average Bonchev–Trinajstić information content (AvgIpc) is 3.10. The normalized spacial score (nSPS) is 11.2. The smallest absolute Gasteiger partial charge is 0.387 e. The molecule has 4 aromatic rings. The van der Waals surface area contributed by atoms with Crippen LogP contribution >= 0.6 is 0 Å². The van der Waals surface area contributed by atoms with Crippen LogP contribution in [0.2, 0.25) is 0 Å². The predicted molar refractivity (Wildman–Crippen MR) is 103 cm³/mol. The first-order valence-corrected chi connectivity index (χ1v) is 8.90. The van der Waals surface area contributed by atoms with Gasteiger partial charge in [-0.05, 0) is 37.3 Å². The third kappa shape index (κ3) is 4.18. The van der Waals surface area contributed by atoms with E-state index in [1.807, 2.05) is 0 Å². The lowest BCUT2D eigenvalue weighted by atomic mass is 10.0. The Morgan fingerprint density at radius 1 is 1.13 bits per heavy atom. The molecule has 4 rings (SSSR count). The zero-order valence-electron chi connectivity index (χ0n) is 15.8. The van der Waals surface area contributed by atoms with Gasteiger partial charge in [0.1, 0.15) is 17.4 Å². The zero-order valence-corrected chi connectivity index (χ0v) is 15.8. The van der Waals surface area contributed by atoms with Gasteiger partial charge in [0.2, 0.25) is 0 Å². The third-order valence-corrected chi connectivity index (χ3v) is 4.39. The largest absolute Gasteiger partial charge is 0.435 e. The van der Waals surface area contributed by atoms with Crippen molar-refractivity contribution in [2.75, 3.05) is 5.32 Å². The minimum absolute atomic E-state index is 0.0139. The molecule has 6 nitrogen and oxygen atoms in total. The molecule has 0 fully saturated rings. The highest BCUT2D eigenvalue weighted by atomic mass is 19.3. The SMILES string of the molecule is Cc1noc2nc(-c3cccc(OC(F)F)c3)cc(C(=O)Nc3cc(F)ccc3F)c12. The van der Waals surface area contributed by atoms with Gasteiger partial charge in [-0.1, -0.05) is 17.3 Å². The zero-order chi connectivity index (χ0) is 22.1. The fourth-order valence-corrected chi connectivity index (χ4v) is 3.04. The number of rotatable bonds is 5. The van der Waals surface area contributed by atoms with Crippen LogP contribution in [-0.2, 0) is 0 Å². The predicted octanol–water partition coefficient (Wildman–Crippen LogP) is 5.33. The number of alkyl halides is 2.